The number of nitrogen functional groups attached to an aromatic ring is 1. The predicted octanol–water partition coefficient (Wildman–Crippen LogP) is 3.99. The molecule has 1 saturated heterocycles. The van der Waals surface area contributed by atoms with Crippen LogP contribution < -0.4 is 16.0 Å². The molecule has 0 spiro atoms. The summed E-state index contributed by atoms with van der Waals surface area (Å²) in [6.07, 6.45) is 12.0. The second kappa shape index (κ2) is 9.14. The third-order valence-corrected chi connectivity index (χ3v) is 4.36. The van der Waals surface area contributed by atoms with Crippen molar-refractivity contribution in [3.8, 4) is 0 Å². The van der Waals surface area contributed by atoms with Crippen molar-refractivity contribution in [3.05, 3.63) is 72.9 Å². The number of hydrogen-bond acceptors (Lipinski definition) is 3. The Morgan fingerprint density at radius 2 is 2.00 bits per heavy atom. The number of hydrogen-bond donors (Lipinski definition) is 2. The topological polar surface area (TPSA) is 41.3 Å². The van der Waals surface area contributed by atoms with Crippen LogP contribution in [0.1, 0.15) is 18.4 Å². The number of rotatable bonds is 7. The fraction of sp³-hybridized carbons (Fsp3) is 0.333. The molecule has 24 heavy (non-hydrogen) atoms. The lowest BCUT2D eigenvalue weighted by atomic mass is 10.0. The zero-order chi connectivity index (χ0) is 17.4. The van der Waals surface area contributed by atoms with Gasteiger partial charge in [0.1, 0.15) is 0 Å². The van der Waals surface area contributed by atoms with Crippen LogP contribution in [0, 0.1) is 6.92 Å². The summed E-state index contributed by atoms with van der Waals surface area (Å²) in [6, 6.07) is 6.86. The molecule has 3 heteroatoms. The maximum absolute atomic E-state index is 5.97. The van der Waals surface area contributed by atoms with Crippen molar-refractivity contribution in [2.24, 2.45) is 0 Å². The molecule has 1 fully saturated rings. The first kappa shape index (κ1) is 18.1. The van der Waals surface area contributed by atoms with Gasteiger partial charge in [0.25, 0.3) is 0 Å². The first-order valence-corrected chi connectivity index (χ1v) is 8.58. The van der Waals surface area contributed by atoms with Crippen molar-refractivity contribution in [1.82, 2.24) is 5.32 Å². The fourth-order valence-electron chi connectivity index (χ4n) is 3.04. The molecule has 0 saturated carbocycles. The first-order valence-electron chi connectivity index (χ1n) is 8.58. The van der Waals surface area contributed by atoms with Crippen LogP contribution in [0.25, 0.3) is 0 Å². The van der Waals surface area contributed by atoms with E-state index in [1.165, 1.54) is 16.8 Å². The Labute approximate surface area is 146 Å². The van der Waals surface area contributed by atoms with Gasteiger partial charge in [-0.2, -0.15) is 0 Å². The van der Waals surface area contributed by atoms with Crippen LogP contribution in [-0.4, -0.2) is 25.7 Å². The molecule has 1 aliphatic rings. The lowest BCUT2D eigenvalue weighted by Gasteiger charge is -2.34. The number of benzene rings is 1. The standard InChI is InChI=1S/C21H29N3/c1-4-6-7-8-18(5-2)16-23-20-9-11-24(12-10-20)21-14-17(3)13-19(22)15-21/h4-8,13-15,20,23H,1-2,9-12,16,22H2,3H3/b7-6-,18-8+. The number of aryl methyl sites for hydroxylation is 1. The van der Waals surface area contributed by atoms with Gasteiger partial charge >= 0.3 is 0 Å². The average molecular weight is 323 g/mol. The number of nitrogens with one attached hydrogen (secondary N) is 1. The van der Waals surface area contributed by atoms with Crippen molar-refractivity contribution in [2.75, 3.05) is 30.3 Å². The number of allylic oxidation sites excluding steroid dienone is 4. The number of nitrogens with two attached hydrogens (primary N) is 1. The monoisotopic (exact) mass is 323 g/mol. The molecular weight excluding hydrogens is 294 g/mol. The molecule has 1 aliphatic heterocycles. The summed E-state index contributed by atoms with van der Waals surface area (Å²) in [5.74, 6) is 0. The third-order valence-electron chi connectivity index (χ3n) is 4.36. The van der Waals surface area contributed by atoms with E-state index in [1.54, 1.807) is 6.08 Å². The van der Waals surface area contributed by atoms with Crippen molar-refractivity contribution < 1.29 is 0 Å². The van der Waals surface area contributed by atoms with Crippen molar-refractivity contribution >= 4 is 11.4 Å². The molecule has 0 radical (unpaired) electrons. The SMILES string of the molecule is C=C/C=C\C=C(/C=C)CNC1CCN(c2cc(C)cc(N)c2)CC1. The maximum atomic E-state index is 5.97. The van der Waals surface area contributed by atoms with E-state index in [0.29, 0.717) is 6.04 Å². The van der Waals surface area contributed by atoms with Crippen molar-refractivity contribution in [1.29, 1.82) is 0 Å². The minimum absolute atomic E-state index is 0.551. The first-order chi connectivity index (χ1) is 11.6. The van der Waals surface area contributed by atoms with Crippen LogP contribution in [0.3, 0.4) is 0 Å². The summed E-state index contributed by atoms with van der Waals surface area (Å²) in [5.41, 5.74) is 10.5. The Morgan fingerprint density at radius 1 is 1.25 bits per heavy atom. The summed E-state index contributed by atoms with van der Waals surface area (Å²) in [4.78, 5) is 2.43. The van der Waals surface area contributed by atoms with E-state index >= 15 is 0 Å². The van der Waals surface area contributed by atoms with Crippen LogP contribution in [0.15, 0.2) is 67.3 Å². The zero-order valence-corrected chi connectivity index (χ0v) is 14.7. The minimum Gasteiger partial charge on any atom is -0.399 e. The lowest BCUT2D eigenvalue weighted by molar-refractivity contribution is 0.428. The highest BCUT2D eigenvalue weighted by Gasteiger charge is 2.19. The van der Waals surface area contributed by atoms with Gasteiger partial charge in [-0.05, 0) is 49.1 Å². The van der Waals surface area contributed by atoms with Gasteiger partial charge in [0.05, 0.1) is 0 Å². The maximum Gasteiger partial charge on any atom is 0.0389 e. The summed E-state index contributed by atoms with van der Waals surface area (Å²) in [6.45, 7) is 12.6. The minimum atomic E-state index is 0.551. The van der Waals surface area contributed by atoms with Crippen LogP contribution >= 0.6 is 0 Å². The van der Waals surface area contributed by atoms with Gasteiger partial charge in [0, 0.05) is 37.1 Å². The highest BCUT2D eigenvalue weighted by Crippen LogP contribution is 2.24. The molecule has 1 aromatic rings. The van der Waals surface area contributed by atoms with Gasteiger partial charge in [0.15, 0.2) is 0 Å². The van der Waals surface area contributed by atoms with Gasteiger partial charge in [-0.3, -0.25) is 0 Å². The quantitative estimate of drug-likeness (QED) is 0.589. The van der Waals surface area contributed by atoms with Crippen molar-refractivity contribution in [2.45, 2.75) is 25.8 Å². The van der Waals surface area contributed by atoms with Gasteiger partial charge in [0.2, 0.25) is 0 Å². The molecule has 0 amide bonds. The third kappa shape index (κ3) is 5.43. The van der Waals surface area contributed by atoms with Gasteiger partial charge < -0.3 is 16.0 Å². The number of anilines is 2. The van der Waals surface area contributed by atoms with Crippen LogP contribution in [0.4, 0.5) is 11.4 Å². The van der Waals surface area contributed by atoms with E-state index in [-0.39, 0.29) is 0 Å². The zero-order valence-electron chi connectivity index (χ0n) is 14.7. The van der Waals surface area contributed by atoms with Crippen molar-refractivity contribution in [3.63, 3.8) is 0 Å². The Morgan fingerprint density at radius 3 is 2.62 bits per heavy atom. The Hall–Kier alpha value is -2.26. The van der Waals surface area contributed by atoms with E-state index in [9.17, 15) is 0 Å². The Bertz CT molecular complexity index is 600. The van der Waals surface area contributed by atoms with E-state index in [0.717, 1.165) is 38.2 Å². The predicted molar refractivity (Wildman–Crippen MR) is 106 cm³/mol. The van der Waals surface area contributed by atoms with Gasteiger partial charge in [-0.25, -0.2) is 0 Å². The second-order valence-corrected chi connectivity index (χ2v) is 6.31. The molecule has 2 rings (SSSR count). The Balaban J connectivity index is 1.84. The Kier molecular flexibility index (Phi) is 6.89. The lowest BCUT2D eigenvalue weighted by Crippen LogP contribution is -2.43. The fourth-order valence-corrected chi connectivity index (χ4v) is 3.04. The highest BCUT2D eigenvalue weighted by molar-refractivity contribution is 5.58. The van der Waals surface area contributed by atoms with Crippen LogP contribution in [-0.2, 0) is 0 Å². The summed E-state index contributed by atoms with van der Waals surface area (Å²) in [7, 11) is 0. The molecule has 0 aromatic heterocycles. The largest absolute Gasteiger partial charge is 0.399 e. The molecular formula is C21H29N3. The number of piperidine rings is 1. The van der Waals surface area contributed by atoms with E-state index in [1.807, 2.05) is 24.3 Å². The van der Waals surface area contributed by atoms with E-state index in [4.69, 9.17) is 5.73 Å². The average Bonchev–Trinajstić information content (AvgIpc) is 2.57. The normalized spacial score (nSPS) is 16.5. The molecule has 0 unspecified atom stereocenters. The summed E-state index contributed by atoms with van der Waals surface area (Å²) >= 11 is 0. The molecule has 3 N–H and O–H groups in total. The molecule has 1 heterocycles. The highest BCUT2D eigenvalue weighted by atomic mass is 15.1. The van der Waals surface area contributed by atoms with E-state index in [2.05, 4.69) is 48.5 Å². The van der Waals surface area contributed by atoms with Gasteiger partial charge in [-0.1, -0.05) is 43.5 Å². The molecule has 0 atom stereocenters. The van der Waals surface area contributed by atoms with Gasteiger partial charge in [-0.15, -0.1) is 0 Å². The smallest absolute Gasteiger partial charge is 0.0389 e. The molecule has 0 bridgehead atoms. The second-order valence-electron chi connectivity index (χ2n) is 6.31. The summed E-state index contributed by atoms with van der Waals surface area (Å²) in [5, 5.41) is 3.64. The van der Waals surface area contributed by atoms with Crippen LogP contribution in [0.5, 0.6) is 0 Å². The van der Waals surface area contributed by atoms with E-state index < -0.39 is 0 Å². The number of nitrogens with zero attached hydrogens (tertiary/aromatic N) is 1. The molecule has 0 aliphatic carbocycles. The molecule has 128 valence electrons. The summed E-state index contributed by atoms with van der Waals surface area (Å²) < 4.78 is 0. The molecule has 1 aromatic carbocycles. The molecule has 3 nitrogen and oxygen atoms in total. The van der Waals surface area contributed by atoms with Crippen LogP contribution in [0.2, 0.25) is 0 Å².